The summed E-state index contributed by atoms with van der Waals surface area (Å²) in [5.41, 5.74) is 1.73. The molecule has 2 aromatic rings. The summed E-state index contributed by atoms with van der Waals surface area (Å²) in [6.45, 7) is 4.58. The molecule has 3 aliphatic rings. The van der Waals surface area contributed by atoms with Crippen molar-refractivity contribution in [2.45, 2.75) is 69.8 Å². The largest absolute Gasteiger partial charge is 0.487 e. The average Bonchev–Trinajstić information content (AvgIpc) is 2.97. The van der Waals surface area contributed by atoms with Crippen LogP contribution in [0.2, 0.25) is 5.02 Å². The first kappa shape index (κ1) is 30.9. The molecule has 1 amide bonds. The highest BCUT2D eigenvalue weighted by Crippen LogP contribution is 2.44. The molecular formula is C32H41ClN2O6S. The number of fused-ring (bicyclic) bond motifs is 3. The molecule has 2 heterocycles. The van der Waals surface area contributed by atoms with E-state index in [1.807, 2.05) is 18.2 Å². The normalized spacial score (nSPS) is 30.8. The highest BCUT2D eigenvalue weighted by molar-refractivity contribution is 7.90. The molecular weight excluding hydrogens is 576 g/mol. The molecule has 3 N–H and O–H groups in total. The lowest BCUT2D eigenvalue weighted by Gasteiger charge is -2.47. The Morgan fingerprint density at radius 3 is 2.67 bits per heavy atom. The molecule has 2 bridgehead atoms. The lowest BCUT2D eigenvalue weighted by molar-refractivity contribution is -0.0768. The summed E-state index contributed by atoms with van der Waals surface area (Å²) in [6, 6.07) is 10.9. The van der Waals surface area contributed by atoms with Crippen molar-refractivity contribution in [3.05, 3.63) is 70.3 Å². The number of aliphatic hydroxyl groups excluding tert-OH is 1. The number of ether oxygens (including phenoxy) is 1. The molecule has 0 spiro atoms. The number of aliphatic hydroxyl groups is 2. The fourth-order valence-electron chi connectivity index (χ4n) is 6.37. The number of amides is 1. The summed E-state index contributed by atoms with van der Waals surface area (Å²) in [5.74, 6) is -0.446. The molecule has 2 aliphatic heterocycles. The maximum atomic E-state index is 13.3. The molecule has 5 atom stereocenters. The molecule has 0 unspecified atom stereocenters. The van der Waals surface area contributed by atoms with Crippen molar-refractivity contribution in [1.82, 2.24) is 4.72 Å². The van der Waals surface area contributed by atoms with Crippen LogP contribution in [0.5, 0.6) is 5.75 Å². The highest BCUT2D eigenvalue weighted by atomic mass is 35.5. The van der Waals surface area contributed by atoms with Crippen LogP contribution in [0.1, 0.15) is 67.4 Å². The van der Waals surface area contributed by atoms with Crippen molar-refractivity contribution >= 4 is 33.2 Å². The predicted molar refractivity (Wildman–Crippen MR) is 164 cm³/mol. The number of sulfonamides is 1. The summed E-state index contributed by atoms with van der Waals surface area (Å²) in [5, 5.41) is 21.6. The minimum atomic E-state index is -3.98. The number of nitrogens with zero attached hydrogens (tertiary/aromatic N) is 1. The number of halogens is 1. The van der Waals surface area contributed by atoms with E-state index in [0.29, 0.717) is 42.6 Å². The molecule has 42 heavy (non-hydrogen) atoms. The molecule has 0 aromatic heterocycles. The van der Waals surface area contributed by atoms with E-state index >= 15 is 0 Å². The third kappa shape index (κ3) is 6.49. The number of hydrogen-bond acceptors (Lipinski definition) is 7. The zero-order valence-electron chi connectivity index (χ0n) is 24.3. The van der Waals surface area contributed by atoms with Crippen LogP contribution in [0, 0.1) is 17.8 Å². The van der Waals surface area contributed by atoms with Crippen LogP contribution in [0.15, 0.2) is 48.6 Å². The van der Waals surface area contributed by atoms with Gasteiger partial charge in [0.15, 0.2) is 0 Å². The number of nitrogens with one attached hydrogen (secondary N) is 1. The second-order valence-corrected chi connectivity index (χ2v) is 14.7. The van der Waals surface area contributed by atoms with Gasteiger partial charge in [0.05, 0.1) is 17.5 Å². The van der Waals surface area contributed by atoms with Gasteiger partial charge >= 0.3 is 0 Å². The molecule has 228 valence electrons. The molecule has 0 radical (unpaired) electrons. The van der Waals surface area contributed by atoms with Crippen LogP contribution < -0.4 is 14.4 Å². The van der Waals surface area contributed by atoms with Crippen LogP contribution >= 0.6 is 11.6 Å². The number of aryl methyl sites for hydroxylation is 1. The number of hydrogen-bond donors (Lipinski definition) is 3. The van der Waals surface area contributed by atoms with E-state index in [0.717, 1.165) is 43.2 Å². The topological polar surface area (TPSA) is 116 Å². The Morgan fingerprint density at radius 1 is 1.12 bits per heavy atom. The number of carbonyl (C=O) groups excluding carboxylic acids is 1. The van der Waals surface area contributed by atoms with Crippen LogP contribution in [0.25, 0.3) is 0 Å². The Bertz CT molecular complexity index is 1450. The van der Waals surface area contributed by atoms with Crippen LogP contribution in [-0.2, 0) is 23.1 Å². The molecule has 1 fully saturated rings. The minimum Gasteiger partial charge on any atom is -0.487 e. The highest BCUT2D eigenvalue weighted by Gasteiger charge is 2.45. The van der Waals surface area contributed by atoms with Crippen LogP contribution in [0.4, 0.5) is 5.69 Å². The van der Waals surface area contributed by atoms with Crippen molar-refractivity contribution in [1.29, 1.82) is 0 Å². The Labute approximate surface area is 253 Å². The number of anilines is 1. The molecule has 2 aromatic carbocycles. The number of allylic oxidation sites excluding steroid dienone is 1. The van der Waals surface area contributed by atoms with E-state index < -0.39 is 33.4 Å². The lowest BCUT2D eigenvalue weighted by Crippen LogP contribution is -2.52. The van der Waals surface area contributed by atoms with E-state index in [1.165, 1.54) is 0 Å². The van der Waals surface area contributed by atoms with E-state index in [1.54, 1.807) is 44.2 Å². The number of carbonyl (C=O) groups is 1. The predicted octanol–water partition coefficient (Wildman–Crippen LogP) is 4.86. The van der Waals surface area contributed by atoms with Crippen molar-refractivity contribution in [2.24, 2.45) is 17.8 Å². The zero-order chi connectivity index (χ0) is 30.1. The van der Waals surface area contributed by atoms with Gasteiger partial charge in [-0.2, -0.15) is 0 Å². The van der Waals surface area contributed by atoms with Crippen molar-refractivity contribution < 1.29 is 28.2 Å². The Balaban J connectivity index is 1.57. The summed E-state index contributed by atoms with van der Waals surface area (Å²) in [7, 11) is -3.98. The Hall–Kier alpha value is -2.59. The van der Waals surface area contributed by atoms with Gasteiger partial charge in [0.2, 0.25) is 10.0 Å². The zero-order valence-corrected chi connectivity index (χ0v) is 25.8. The minimum absolute atomic E-state index is 0.114. The van der Waals surface area contributed by atoms with Crippen molar-refractivity contribution in [3.8, 4) is 5.75 Å². The molecule has 8 nitrogen and oxygen atoms in total. The Morgan fingerprint density at radius 2 is 1.93 bits per heavy atom. The average molecular weight is 617 g/mol. The SMILES string of the molecule is C[C@@H]1[C@@H](C)C/C=C/[C@](O)(CO)[C@@H]2CC[C@H]2CN2CCCCc3cc(Cl)ccc3COc3ccc(cc32)C(=O)NS1(=O)=O. The molecule has 0 saturated heterocycles. The third-order valence-electron chi connectivity index (χ3n) is 9.45. The van der Waals surface area contributed by atoms with Gasteiger partial charge in [-0.15, -0.1) is 0 Å². The number of benzene rings is 2. The summed E-state index contributed by atoms with van der Waals surface area (Å²) >= 11 is 6.30. The fraction of sp³-hybridized carbons (Fsp3) is 0.531. The van der Waals surface area contributed by atoms with Gasteiger partial charge in [-0.3, -0.25) is 4.79 Å². The van der Waals surface area contributed by atoms with Gasteiger partial charge in [-0.05, 0) is 105 Å². The van der Waals surface area contributed by atoms with E-state index in [-0.39, 0.29) is 23.3 Å². The van der Waals surface area contributed by atoms with Crippen molar-refractivity contribution in [2.75, 3.05) is 24.6 Å². The maximum Gasteiger partial charge on any atom is 0.264 e. The van der Waals surface area contributed by atoms with Gasteiger partial charge in [0.25, 0.3) is 5.91 Å². The number of rotatable bonds is 1. The van der Waals surface area contributed by atoms with Gasteiger partial charge in [0.1, 0.15) is 18.0 Å². The maximum absolute atomic E-state index is 13.3. The van der Waals surface area contributed by atoms with Crippen LogP contribution in [-0.4, -0.2) is 55.1 Å². The van der Waals surface area contributed by atoms with Gasteiger partial charge in [-0.25, -0.2) is 13.1 Å². The van der Waals surface area contributed by atoms with E-state index in [4.69, 9.17) is 16.3 Å². The summed E-state index contributed by atoms with van der Waals surface area (Å²) in [6.07, 6.45) is 8.12. The van der Waals surface area contributed by atoms with Gasteiger partial charge < -0.3 is 19.8 Å². The molecule has 10 heteroatoms. The fourth-order valence-corrected chi connectivity index (χ4v) is 7.85. The Kier molecular flexibility index (Phi) is 9.23. The first-order valence-electron chi connectivity index (χ1n) is 14.9. The second-order valence-electron chi connectivity index (χ2n) is 12.2. The van der Waals surface area contributed by atoms with E-state index in [2.05, 4.69) is 9.62 Å². The van der Waals surface area contributed by atoms with E-state index in [9.17, 15) is 23.4 Å². The van der Waals surface area contributed by atoms with Crippen LogP contribution in [0.3, 0.4) is 0 Å². The van der Waals surface area contributed by atoms with Gasteiger partial charge in [-0.1, -0.05) is 36.7 Å². The monoisotopic (exact) mass is 616 g/mol. The molecule has 1 saturated carbocycles. The third-order valence-corrected chi connectivity index (χ3v) is 11.6. The van der Waals surface area contributed by atoms with Gasteiger partial charge in [0, 0.05) is 23.7 Å². The second kappa shape index (κ2) is 12.6. The summed E-state index contributed by atoms with van der Waals surface area (Å²) in [4.78, 5) is 15.5. The summed E-state index contributed by atoms with van der Waals surface area (Å²) < 4.78 is 35.0. The smallest absolute Gasteiger partial charge is 0.264 e. The first-order chi connectivity index (χ1) is 20.0. The molecule has 1 aliphatic carbocycles. The standard InChI is InChI=1S/C32H41ClN2O6S/c1-21-6-5-14-32(38,20-36)28-12-9-25(28)18-35-15-4-3-7-23-16-27(33)11-8-26(23)19-41-30-13-10-24(17-29(30)35)31(37)34-42(39,40)22(21)2/h5,8,10-11,13-14,16-17,21-22,25,28,36,38H,3-4,6-7,9,12,15,18-20H2,1-2H3,(H,34,37)/b14-5+/t21-,22+,25-,28+,32-/m0/s1. The quantitative estimate of drug-likeness (QED) is 0.392. The molecule has 5 rings (SSSR count). The van der Waals surface area contributed by atoms with Crippen molar-refractivity contribution in [3.63, 3.8) is 0 Å². The lowest BCUT2D eigenvalue weighted by atomic mass is 9.64. The first-order valence-corrected chi connectivity index (χ1v) is 16.8.